The fourth-order valence-electron chi connectivity index (χ4n) is 3.24. The zero-order chi connectivity index (χ0) is 11.0. The van der Waals surface area contributed by atoms with Gasteiger partial charge in [0, 0.05) is 45.3 Å². The van der Waals surface area contributed by atoms with Crippen molar-refractivity contribution < 1.29 is 9.53 Å². The number of rotatable bonds is 1. The van der Waals surface area contributed by atoms with E-state index in [1.165, 1.54) is 0 Å². The van der Waals surface area contributed by atoms with Gasteiger partial charge in [-0.05, 0) is 24.7 Å². The lowest BCUT2D eigenvalue weighted by atomic mass is 9.99. The van der Waals surface area contributed by atoms with Crippen molar-refractivity contribution in [1.82, 2.24) is 10.2 Å². The molecule has 0 spiro atoms. The van der Waals surface area contributed by atoms with Crippen LogP contribution in [0.3, 0.4) is 0 Å². The summed E-state index contributed by atoms with van der Waals surface area (Å²) in [5, 5.41) is 3.41. The number of hydrogen-bond acceptors (Lipinski definition) is 3. The predicted molar refractivity (Wildman–Crippen MR) is 67.2 cm³/mol. The fourth-order valence-corrected chi connectivity index (χ4v) is 3.24. The van der Waals surface area contributed by atoms with Gasteiger partial charge in [-0.15, -0.1) is 12.4 Å². The van der Waals surface area contributed by atoms with Crippen LogP contribution in [-0.2, 0) is 9.53 Å². The Labute approximate surface area is 108 Å². The molecule has 0 radical (unpaired) electrons. The molecule has 1 N–H and O–H groups in total. The number of fused-ring (bicyclic) bond motifs is 1. The van der Waals surface area contributed by atoms with Gasteiger partial charge >= 0.3 is 0 Å². The van der Waals surface area contributed by atoms with Crippen molar-refractivity contribution in [2.45, 2.75) is 12.8 Å². The number of nitrogens with zero attached hydrogens (tertiary/aromatic N) is 1. The minimum Gasteiger partial charge on any atom is -0.381 e. The lowest BCUT2D eigenvalue weighted by Gasteiger charge is -2.26. The van der Waals surface area contributed by atoms with Gasteiger partial charge in [-0.1, -0.05) is 0 Å². The van der Waals surface area contributed by atoms with Crippen molar-refractivity contribution in [3.8, 4) is 0 Å². The molecule has 0 aromatic rings. The smallest absolute Gasteiger partial charge is 0.225 e. The van der Waals surface area contributed by atoms with Gasteiger partial charge in [-0.2, -0.15) is 0 Å². The topological polar surface area (TPSA) is 41.6 Å². The van der Waals surface area contributed by atoms with Crippen molar-refractivity contribution in [3.63, 3.8) is 0 Å². The predicted octanol–water partition coefficient (Wildman–Crippen LogP) is 0.513. The molecule has 3 saturated heterocycles. The molecule has 1 amide bonds. The third kappa shape index (κ3) is 2.59. The molecule has 3 aliphatic heterocycles. The van der Waals surface area contributed by atoms with Gasteiger partial charge in [0.25, 0.3) is 0 Å². The number of carbonyl (C=O) groups excluding carboxylic acids is 1. The molecule has 2 unspecified atom stereocenters. The largest absolute Gasteiger partial charge is 0.381 e. The summed E-state index contributed by atoms with van der Waals surface area (Å²) in [4.78, 5) is 14.4. The third-order valence-electron chi connectivity index (χ3n) is 4.27. The highest BCUT2D eigenvalue weighted by Gasteiger charge is 2.39. The number of hydrogen-bond donors (Lipinski definition) is 1. The van der Waals surface area contributed by atoms with Crippen LogP contribution >= 0.6 is 12.4 Å². The molecule has 2 atom stereocenters. The van der Waals surface area contributed by atoms with Gasteiger partial charge in [0.2, 0.25) is 5.91 Å². The van der Waals surface area contributed by atoms with E-state index >= 15 is 0 Å². The van der Waals surface area contributed by atoms with Crippen molar-refractivity contribution in [3.05, 3.63) is 0 Å². The van der Waals surface area contributed by atoms with Gasteiger partial charge in [-0.3, -0.25) is 4.79 Å². The van der Waals surface area contributed by atoms with Crippen LogP contribution in [0.1, 0.15) is 12.8 Å². The van der Waals surface area contributed by atoms with Crippen LogP contribution < -0.4 is 5.32 Å². The highest BCUT2D eigenvalue weighted by molar-refractivity contribution is 5.85. The summed E-state index contributed by atoms with van der Waals surface area (Å²) in [5.41, 5.74) is 0. The standard InChI is InChI=1S/C12H20N2O2.ClH/c15-12(9-1-3-16-4-2-9)14-7-10-5-13-6-11(10)8-14;/h9-11,13H,1-8H2;1H. The molecular weight excluding hydrogens is 240 g/mol. The van der Waals surface area contributed by atoms with Crippen LogP contribution in [0.4, 0.5) is 0 Å². The van der Waals surface area contributed by atoms with E-state index in [9.17, 15) is 4.79 Å². The second kappa shape index (κ2) is 5.55. The van der Waals surface area contributed by atoms with Crippen LogP contribution in [0.2, 0.25) is 0 Å². The first-order valence-corrected chi connectivity index (χ1v) is 6.42. The molecule has 0 aromatic heterocycles. The monoisotopic (exact) mass is 260 g/mol. The average molecular weight is 261 g/mol. The summed E-state index contributed by atoms with van der Waals surface area (Å²) in [7, 11) is 0. The molecule has 0 bridgehead atoms. The molecule has 0 saturated carbocycles. The molecule has 4 nitrogen and oxygen atoms in total. The Morgan fingerprint density at radius 2 is 1.71 bits per heavy atom. The Morgan fingerprint density at radius 3 is 2.29 bits per heavy atom. The summed E-state index contributed by atoms with van der Waals surface area (Å²) >= 11 is 0. The first kappa shape index (κ1) is 13.1. The minimum absolute atomic E-state index is 0. The second-order valence-corrected chi connectivity index (χ2v) is 5.31. The van der Waals surface area contributed by atoms with Gasteiger partial charge in [0.1, 0.15) is 0 Å². The molecular formula is C12H21ClN2O2. The van der Waals surface area contributed by atoms with Gasteiger partial charge < -0.3 is 15.0 Å². The van der Waals surface area contributed by atoms with E-state index in [1.54, 1.807) is 0 Å². The Balaban J connectivity index is 0.00000108. The molecule has 3 rings (SSSR count). The average Bonchev–Trinajstić information content (AvgIpc) is 2.89. The molecule has 3 heterocycles. The molecule has 17 heavy (non-hydrogen) atoms. The van der Waals surface area contributed by atoms with Crippen molar-refractivity contribution >= 4 is 18.3 Å². The van der Waals surface area contributed by atoms with Crippen molar-refractivity contribution in [2.24, 2.45) is 17.8 Å². The fraction of sp³-hybridized carbons (Fsp3) is 0.917. The van der Waals surface area contributed by atoms with Crippen LogP contribution in [0, 0.1) is 17.8 Å². The highest BCUT2D eigenvalue weighted by Crippen LogP contribution is 2.29. The Hall–Kier alpha value is -0.320. The Kier molecular flexibility index (Phi) is 4.28. The normalized spacial score (nSPS) is 33.3. The van der Waals surface area contributed by atoms with Crippen LogP contribution in [-0.4, -0.2) is 50.2 Å². The molecule has 5 heteroatoms. The van der Waals surface area contributed by atoms with E-state index in [2.05, 4.69) is 10.2 Å². The zero-order valence-corrected chi connectivity index (χ0v) is 10.9. The first-order chi connectivity index (χ1) is 7.84. The molecule has 3 fully saturated rings. The first-order valence-electron chi connectivity index (χ1n) is 6.42. The summed E-state index contributed by atoms with van der Waals surface area (Å²) in [6.07, 6.45) is 1.84. The maximum absolute atomic E-state index is 12.3. The van der Waals surface area contributed by atoms with E-state index in [0.717, 1.165) is 52.2 Å². The number of likely N-dealkylation sites (tertiary alicyclic amines) is 1. The molecule has 0 aliphatic carbocycles. The van der Waals surface area contributed by atoms with E-state index in [-0.39, 0.29) is 18.3 Å². The summed E-state index contributed by atoms with van der Waals surface area (Å²) in [5.74, 6) is 2.05. The lowest BCUT2D eigenvalue weighted by molar-refractivity contribution is -0.137. The van der Waals surface area contributed by atoms with Gasteiger partial charge in [0.05, 0.1) is 0 Å². The van der Waals surface area contributed by atoms with E-state index in [4.69, 9.17) is 4.74 Å². The maximum atomic E-state index is 12.3. The van der Waals surface area contributed by atoms with E-state index in [1.807, 2.05) is 0 Å². The summed E-state index contributed by atoms with van der Waals surface area (Å²) in [6, 6.07) is 0. The lowest BCUT2D eigenvalue weighted by Crippen LogP contribution is -2.38. The summed E-state index contributed by atoms with van der Waals surface area (Å²) < 4.78 is 5.31. The number of amides is 1. The van der Waals surface area contributed by atoms with Gasteiger partial charge in [-0.25, -0.2) is 0 Å². The van der Waals surface area contributed by atoms with Crippen molar-refractivity contribution in [1.29, 1.82) is 0 Å². The van der Waals surface area contributed by atoms with E-state index in [0.29, 0.717) is 17.7 Å². The Morgan fingerprint density at radius 1 is 1.12 bits per heavy atom. The van der Waals surface area contributed by atoms with Crippen LogP contribution in [0.25, 0.3) is 0 Å². The quantitative estimate of drug-likeness (QED) is 0.747. The molecule has 0 aromatic carbocycles. The zero-order valence-electron chi connectivity index (χ0n) is 10.1. The van der Waals surface area contributed by atoms with Crippen LogP contribution in [0.15, 0.2) is 0 Å². The minimum atomic E-state index is 0. The highest BCUT2D eigenvalue weighted by atomic mass is 35.5. The maximum Gasteiger partial charge on any atom is 0.225 e. The number of halogens is 1. The third-order valence-corrected chi connectivity index (χ3v) is 4.27. The Bertz CT molecular complexity index is 270. The van der Waals surface area contributed by atoms with Crippen LogP contribution in [0.5, 0.6) is 0 Å². The number of carbonyl (C=O) groups is 1. The second-order valence-electron chi connectivity index (χ2n) is 5.31. The van der Waals surface area contributed by atoms with Crippen molar-refractivity contribution in [2.75, 3.05) is 39.4 Å². The number of ether oxygens (including phenoxy) is 1. The molecule has 98 valence electrons. The summed E-state index contributed by atoms with van der Waals surface area (Å²) in [6.45, 7) is 5.68. The number of nitrogens with one attached hydrogen (secondary N) is 1. The van der Waals surface area contributed by atoms with E-state index < -0.39 is 0 Å². The molecule has 3 aliphatic rings. The van der Waals surface area contributed by atoms with Gasteiger partial charge in [0.15, 0.2) is 0 Å². The SMILES string of the molecule is Cl.O=C(C1CCOCC1)N1CC2CNCC2C1.